The molecule has 6 nitrogen and oxygen atoms in total. The summed E-state index contributed by atoms with van der Waals surface area (Å²) in [5.41, 5.74) is 1.60. The van der Waals surface area contributed by atoms with Crippen molar-refractivity contribution in [3.8, 4) is 0 Å². The van der Waals surface area contributed by atoms with Crippen molar-refractivity contribution >= 4 is 11.6 Å². The molecule has 1 amide bonds. The van der Waals surface area contributed by atoms with Crippen LogP contribution in [0.5, 0.6) is 0 Å². The molecule has 3 rings (SSSR count). The second-order valence-electron chi connectivity index (χ2n) is 7.01. The molecule has 0 bridgehead atoms. The van der Waals surface area contributed by atoms with E-state index in [1.807, 2.05) is 25.8 Å². The van der Waals surface area contributed by atoms with Crippen molar-refractivity contribution in [2.45, 2.75) is 32.3 Å². The predicted octanol–water partition coefficient (Wildman–Crippen LogP) is 2.10. The smallest absolute Gasteiger partial charge is 0.238 e. The van der Waals surface area contributed by atoms with Gasteiger partial charge in [-0.1, -0.05) is 18.2 Å². The van der Waals surface area contributed by atoms with Crippen molar-refractivity contribution in [2.24, 2.45) is 7.05 Å². The fraction of sp³-hybridized carbons (Fsp3) is 0.474. The average Bonchev–Trinajstić information content (AvgIpc) is 2.84. The Labute approximate surface area is 152 Å². The summed E-state index contributed by atoms with van der Waals surface area (Å²) in [5.74, 6) is -0.496. The number of nitrogens with zero attached hydrogens (tertiary/aromatic N) is 3. The van der Waals surface area contributed by atoms with Gasteiger partial charge in [-0.25, -0.2) is 4.39 Å². The molecular formula is C19H25FN4O2. The second kappa shape index (κ2) is 7.17. The van der Waals surface area contributed by atoms with E-state index in [-0.39, 0.29) is 18.3 Å². The van der Waals surface area contributed by atoms with Crippen molar-refractivity contribution in [3.05, 3.63) is 47.0 Å². The molecule has 0 atom stereocenters. The van der Waals surface area contributed by atoms with Gasteiger partial charge in [0.2, 0.25) is 5.91 Å². The molecule has 1 aliphatic heterocycles. The number of likely N-dealkylation sites (tertiary alicyclic amines) is 1. The van der Waals surface area contributed by atoms with E-state index in [9.17, 15) is 14.3 Å². The summed E-state index contributed by atoms with van der Waals surface area (Å²) in [6.07, 6.45) is 0.790. The molecule has 0 aliphatic carbocycles. The minimum atomic E-state index is -1.17. The molecule has 1 fully saturated rings. The average molecular weight is 360 g/mol. The van der Waals surface area contributed by atoms with E-state index in [4.69, 9.17) is 0 Å². The normalized spacial score (nSPS) is 17.3. The molecule has 1 aromatic carbocycles. The molecule has 7 heteroatoms. The highest BCUT2D eigenvalue weighted by Gasteiger charge is 2.36. The van der Waals surface area contributed by atoms with E-state index < -0.39 is 5.60 Å². The number of hydrogen-bond donors (Lipinski definition) is 2. The van der Waals surface area contributed by atoms with Crippen molar-refractivity contribution in [3.63, 3.8) is 0 Å². The molecular weight excluding hydrogens is 335 g/mol. The standard InChI is InChI=1S/C19H25FN4O2/c1-13-18(14(2)23(3)22-13)21-17(25)12-24-10-8-19(26,9-11-24)15-6-4-5-7-16(15)20/h4-7,26H,8-12H2,1-3H3,(H,21,25). The van der Waals surface area contributed by atoms with Crippen LogP contribution in [0.4, 0.5) is 10.1 Å². The number of halogens is 1. The van der Waals surface area contributed by atoms with E-state index in [1.54, 1.807) is 22.9 Å². The maximum atomic E-state index is 14.0. The van der Waals surface area contributed by atoms with Crippen molar-refractivity contribution in [2.75, 3.05) is 25.0 Å². The van der Waals surface area contributed by atoms with Gasteiger partial charge in [-0.15, -0.1) is 0 Å². The van der Waals surface area contributed by atoms with Crippen LogP contribution >= 0.6 is 0 Å². The Bertz CT molecular complexity index is 810. The lowest BCUT2D eigenvalue weighted by atomic mass is 9.84. The summed E-state index contributed by atoms with van der Waals surface area (Å²) in [4.78, 5) is 14.3. The first-order valence-corrected chi connectivity index (χ1v) is 8.80. The van der Waals surface area contributed by atoms with Crippen LogP contribution in [0.1, 0.15) is 29.8 Å². The Balaban J connectivity index is 1.59. The Morgan fingerprint density at radius 3 is 2.54 bits per heavy atom. The van der Waals surface area contributed by atoms with Gasteiger partial charge in [0, 0.05) is 25.7 Å². The molecule has 1 aromatic heterocycles. The summed E-state index contributed by atoms with van der Waals surface area (Å²) in [5, 5.41) is 18.0. The number of aryl methyl sites for hydroxylation is 2. The van der Waals surface area contributed by atoms with Crippen molar-refractivity contribution in [1.29, 1.82) is 0 Å². The summed E-state index contributed by atoms with van der Waals surface area (Å²) < 4.78 is 15.7. The van der Waals surface area contributed by atoms with Gasteiger partial charge in [-0.3, -0.25) is 14.4 Å². The number of rotatable bonds is 4. The topological polar surface area (TPSA) is 70.4 Å². The number of carbonyl (C=O) groups excluding carboxylic acids is 1. The summed E-state index contributed by atoms with van der Waals surface area (Å²) in [6, 6.07) is 6.34. The lowest BCUT2D eigenvalue weighted by Gasteiger charge is -2.38. The zero-order valence-corrected chi connectivity index (χ0v) is 15.4. The van der Waals surface area contributed by atoms with Crippen LogP contribution in [0, 0.1) is 19.7 Å². The lowest BCUT2D eigenvalue weighted by Crippen LogP contribution is -2.45. The Morgan fingerprint density at radius 2 is 1.96 bits per heavy atom. The molecule has 0 unspecified atom stereocenters. The third-order valence-electron chi connectivity index (χ3n) is 5.20. The van der Waals surface area contributed by atoms with Crippen LogP contribution in [0.2, 0.25) is 0 Å². The summed E-state index contributed by atoms with van der Waals surface area (Å²) in [7, 11) is 1.84. The number of nitrogens with one attached hydrogen (secondary N) is 1. The lowest BCUT2D eigenvalue weighted by molar-refractivity contribution is -0.118. The first-order valence-electron chi connectivity index (χ1n) is 8.80. The van der Waals surface area contributed by atoms with Crippen LogP contribution in [-0.4, -0.2) is 45.3 Å². The minimum Gasteiger partial charge on any atom is -0.385 e. The van der Waals surface area contributed by atoms with Crippen LogP contribution in [-0.2, 0) is 17.4 Å². The molecule has 2 heterocycles. The zero-order valence-electron chi connectivity index (χ0n) is 15.4. The van der Waals surface area contributed by atoms with Crippen LogP contribution in [0.25, 0.3) is 0 Å². The first-order chi connectivity index (χ1) is 12.3. The first kappa shape index (κ1) is 18.5. The molecule has 0 radical (unpaired) electrons. The van der Waals surface area contributed by atoms with Gasteiger partial charge >= 0.3 is 0 Å². The Hall–Kier alpha value is -2.25. The number of aromatic nitrogens is 2. The van der Waals surface area contributed by atoms with Gasteiger partial charge in [-0.2, -0.15) is 5.10 Å². The fourth-order valence-electron chi connectivity index (χ4n) is 3.53. The third-order valence-corrected chi connectivity index (χ3v) is 5.20. The molecule has 0 spiro atoms. The minimum absolute atomic E-state index is 0.111. The number of piperidine rings is 1. The van der Waals surface area contributed by atoms with Gasteiger partial charge in [-0.05, 0) is 32.8 Å². The van der Waals surface area contributed by atoms with Gasteiger partial charge in [0.05, 0.1) is 29.2 Å². The van der Waals surface area contributed by atoms with E-state index in [0.29, 0.717) is 31.5 Å². The number of hydrogen-bond acceptors (Lipinski definition) is 4. The van der Waals surface area contributed by atoms with Gasteiger partial charge in [0.15, 0.2) is 0 Å². The van der Waals surface area contributed by atoms with Crippen molar-refractivity contribution < 1.29 is 14.3 Å². The number of benzene rings is 1. The molecule has 1 aliphatic rings. The number of amides is 1. The molecule has 2 aromatic rings. The SMILES string of the molecule is Cc1nn(C)c(C)c1NC(=O)CN1CCC(O)(c2ccccc2F)CC1. The highest BCUT2D eigenvalue weighted by Crippen LogP contribution is 2.34. The largest absolute Gasteiger partial charge is 0.385 e. The zero-order chi connectivity index (χ0) is 18.9. The summed E-state index contributed by atoms with van der Waals surface area (Å²) in [6.45, 7) is 5.07. The highest BCUT2D eigenvalue weighted by atomic mass is 19.1. The molecule has 0 saturated carbocycles. The van der Waals surface area contributed by atoms with Crippen LogP contribution < -0.4 is 5.32 Å². The molecule has 26 heavy (non-hydrogen) atoms. The fourth-order valence-corrected chi connectivity index (χ4v) is 3.53. The quantitative estimate of drug-likeness (QED) is 0.876. The molecule has 2 N–H and O–H groups in total. The van der Waals surface area contributed by atoms with Gasteiger partial charge in [0.1, 0.15) is 5.82 Å². The second-order valence-corrected chi connectivity index (χ2v) is 7.01. The van der Waals surface area contributed by atoms with Crippen LogP contribution in [0.3, 0.4) is 0 Å². The Kier molecular flexibility index (Phi) is 5.11. The van der Waals surface area contributed by atoms with E-state index in [0.717, 1.165) is 17.1 Å². The monoisotopic (exact) mass is 360 g/mol. The van der Waals surface area contributed by atoms with Gasteiger partial charge < -0.3 is 10.4 Å². The van der Waals surface area contributed by atoms with E-state index >= 15 is 0 Å². The number of aliphatic hydroxyl groups is 1. The van der Waals surface area contributed by atoms with Crippen LogP contribution in [0.15, 0.2) is 24.3 Å². The molecule has 140 valence electrons. The highest BCUT2D eigenvalue weighted by molar-refractivity contribution is 5.93. The van der Waals surface area contributed by atoms with E-state index in [2.05, 4.69) is 10.4 Å². The summed E-state index contributed by atoms with van der Waals surface area (Å²) >= 11 is 0. The maximum Gasteiger partial charge on any atom is 0.238 e. The molecule has 1 saturated heterocycles. The van der Waals surface area contributed by atoms with Crippen molar-refractivity contribution in [1.82, 2.24) is 14.7 Å². The predicted molar refractivity (Wildman–Crippen MR) is 97.3 cm³/mol. The maximum absolute atomic E-state index is 14.0. The number of carbonyl (C=O) groups is 1. The van der Waals surface area contributed by atoms with E-state index in [1.165, 1.54) is 6.07 Å². The third kappa shape index (κ3) is 3.64. The van der Waals surface area contributed by atoms with Gasteiger partial charge in [0.25, 0.3) is 0 Å². The number of anilines is 1. The Morgan fingerprint density at radius 1 is 1.31 bits per heavy atom.